The van der Waals surface area contributed by atoms with Crippen LogP contribution in [0.15, 0.2) is 0 Å². The minimum absolute atomic E-state index is 0.265. The molecule has 0 spiro atoms. The summed E-state index contributed by atoms with van der Waals surface area (Å²) in [7, 11) is 0. The topological polar surface area (TPSA) is 34.1 Å². The molecule has 0 aromatic heterocycles. The molecule has 0 bridgehead atoms. The van der Waals surface area contributed by atoms with Gasteiger partial charge in [0.05, 0.1) is 0 Å². The van der Waals surface area contributed by atoms with Crippen LogP contribution < -0.4 is 0 Å². The van der Waals surface area contributed by atoms with E-state index < -0.39 is 0 Å². The molecule has 4 rings (SSSR count). The Morgan fingerprint density at radius 2 is 1.70 bits per heavy atom. The molecule has 0 saturated heterocycles. The standard InChI is InChI=1S/C21H32O2/c1-13(22)17-6-7-18-16-5-4-14-12-15(23)8-10-20(14,2)19(16)9-11-21(17,18)3/h14,16-19H,4-12H2,1-3H3/t14-,16+,17+,18+,19+,20-,21+/m0/s1. The lowest BCUT2D eigenvalue weighted by Gasteiger charge is -2.60. The van der Waals surface area contributed by atoms with E-state index in [0.29, 0.717) is 28.8 Å². The fourth-order valence-electron chi connectivity index (χ4n) is 7.71. The molecule has 0 amide bonds. The van der Waals surface area contributed by atoms with Crippen LogP contribution >= 0.6 is 0 Å². The van der Waals surface area contributed by atoms with Gasteiger partial charge in [-0.05, 0) is 86.4 Å². The van der Waals surface area contributed by atoms with Crippen molar-refractivity contribution < 1.29 is 9.59 Å². The highest BCUT2D eigenvalue weighted by molar-refractivity contribution is 5.80. The number of rotatable bonds is 1. The Bertz CT molecular complexity index is 538. The third-order valence-corrected chi connectivity index (χ3v) is 8.97. The maximum absolute atomic E-state index is 12.2. The van der Waals surface area contributed by atoms with Crippen LogP contribution in [-0.4, -0.2) is 11.6 Å². The summed E-state index contributed by atoms with van der Waals surface area (Å²) in [5.41, 5.74) is 0.660. The summed E-state index contributed by atoms with van der Waals surface area (Å²) in [5.74, 6) is 4.25. The van der Waals surface area contributed by atoms with Gasteiger partial charge in [0.15, 0.2) is 0 Å². The van der Waals surface area contributed by atoms with Crippen molar-refractivity contribution in [3.05, 3.63) is 0 Å². The predicted molar refractivity (Wildman–Crippen MR) is 90.9 cm³/mol. The van der Waals surface area contributed by atoms with Gasteiger partial charge in [-0.3, -0.25) is 9.59 Å². The van der Waals surface area contributed by atoms with E-state index in [9.17, 15) is 9.59 Å². The van der Waals surface area contributed by atoms with E-state index in [4.69, 9.17) is 0 Å². The number of ketones is 2. The van der Waals surface area contributed by atoms with Crippen LogP contribution in [0.2, 0.25) is 0 Å². The maximum atomic E-state index is 12.2. The molecule has 7 atom stereocenters. The van der Waals surface area contributed by atoms with E-state index in [2.05, 4.69) is 13.8 Å². The van der Waals surface area contributed by atoms with Gasteiger partial charge in [-0.2, -0.15) is 0 Å². The molecular weight excluding hydrogens is 284 g/mol. The fourth-order valence-corrected chi connectivity index (χ4v) is 7.71. The Hall–Kier alpha value is -0.660. The second kappa shape index (κ2) is 5.17. The summed E-state index contributed by atoms with van der Waals surface area (Å²) in [6.45, 7) is 6.74. The lowest BCUT2D eigenvalue weighted by atomic mass is 9.44. The molecular formula is C21H32O2. The van der Waals surface area contributed by atoms with E-state index >= 15 is 0 Å². The summed E-state index contributed by atoms with van der Waals surface area (Å²) in [6, 6.07) is 0. The smallest absolute Gasteiger partial charge is 0.133 e. The van der Waals surface area contributed by atoms with Crippen LogP contribution in [0.3, 0.4) is 0 Å². The zero-order valence-electron chi connectivity index (χ0n) is 15.1. The van der Waals surface area contributed by atoms with Gasteiger partial charge in [-0.1, -0.05) is 13.8 Å². The average Bonchev–Trinajstić information content (AvgIpc) is 2.85. The lowest BCUT2D eigenvalue weighted by molar-refractivity contribution is -0.143. The highest BCUT2D eigenvalue weighted by Gasteiger charge is 2.60. The zero-order chi connectivity index (χ0) is 16.4. The Labute approximate surface area is 140 Å². The second-order valence-corrected chi connectivity index (χ2v) is 9.68. The minimum atomic E-state index is 0.265. The summed E-state index contributed by atoms with van der Waals surface area (Å²) < 4.78 is 0. The van der Waals surface area contributed by atoms with Crippen molar-refractivity contribution in [3.63, 3.8) is 0 Å². The zero-order valence-corrected chi connectivity index (χ0v) is 15.1. The molecule has 128 valence electrons. The van der Waals surface area contributed by atoms with Crippen LogP contribution in [0.4, 0.5) is 0 Å². The molecule has 4 fully saturated rings. The number of Topliss-reactive ketones (excluding diaryl/α,β-unsaturated/α-hetero) is 2. The number of hydrogen-bond acceptors (Lipinski definition) is 2. The third kappa shape index (κ3) is 2.12. The van der Waals surface area contributed by atoms with Crippen molar-refractivity contribution in [3.8, 4) is 0 Å². The molecule has 4 aliphatic carbocycles. The van der Waals surface area contributed by atoms with Gasteiger partial charge in [-0.25, -0.2) is 0 Å². The van der Waals surface area contributed by atoms with Crippen molar-refractivity contribution in [2.24, 2.45) is 40.4 Å². The largest absolute Gasteiger partial charge is 0.300 e. The number of hydrogen-bond donors (Lipinski definition) is 0. The highest BCUT2D eigenvalue weighted by atomic mass is 16.1. The van der Waals surface area contributed by atoms with Crippen LogP contribution in [0, 0.1) is 40.4 Å². The maximum Gasteiger partial charge on any atom is 0.133 e. The third-order valence-electron chi connectivity index (χ3n) is 8.97. The summed E-state index contributed by atoms with van der Waals surface area (Å²) >= 11 is 0. The SMILES string of the molecule is CC(=O)[C@H]1CC[C@@H]2[C@H]3CC[C@H]4CC(=O)CC[C@]4(C)[C@@H]3CC[C@]12C. The van der Waals surface area contributed by atoms with Gasteiger partial charge in [-0.15, -0.1) is 0 Å². The van der Waals surface area contributed by atoms with Gasteiger partial charge < -0.3 is 0 Å². The van der Waals surface area contributed by atoms with Gasteiger partial charge >= 0.3 is 0 Å². The normalized spacial score (nSPS) is 52.5. The van der Waals surface area contributed by atoms with E-state index in [-0.39, 0.29) is 5.41 Å². The fraction of sp³-hybridized carbons (Fsp3) is 0.905. The molecule has 0 aromatic rings. The molecule has 4 saturated carbocycles. The molecule has 0 heterocycles. The number of carbonyl (C=O) groups is 2. The van der Waals surface area contributed by atoms with Crippen molar-refractivity contribution in [2.45, 2.75) is 78.6 Å². The Kier molecular flexibility index (Phi) is 3.56. The van der Waals surface area contributed by atoms with Crippen molar-refractivity contribution in [2.75, 3.05) is 0 Å². The first-order valence-electron chi connectivity index (χ1n) is 9.88. The first-order valence-corrected chi connectivity index (χ1v) is 9.88. The molecule has 0 aromatic carbocycles. The predicted octanol–water partition coefficient (Wildman–Crippen LogP) is 4.80. The van der Waals surface area contributed by atoms with Crippen molar-refractivity contribution >= 4 is 11.6 Å². The Morgan fingerprint density at radius 3 is 2.43 bits per heavy atom. The Morgan fingerprint density at radius 1 is 0.957 bits per heavy atom. The molecule has 4 aliphatic rings. The first-order chi connectivity index (χ1) is 10.9. The van der Waals surface area contributed by atoms with Gasteiger partial charge in [0.25, 0.3) is 0 Å². The molecule has 0 radical (unpaired) electrons. The lowest BCUT2D eigenvalue weighted by Crippen LogP contribution is -2.53. The van der Waals surface area contributed by atoms with Gasteiger partial charge in [0.1, 0.15) is 11.6 Å². The van der Waals surface area contributed by atoms with E-state index in [1.165, 1.54) is 32.1 Å². The van der Waals surface area contributed by atoms with Crippen LogP contribution in [0.1, 0.15) is 78.6 Å². The number of carbonyl (C=O) groups excluding carboxylic acids is 2. The van der Waals surface area contributed by atoms with Crippen molar-refractivity contribution in [1.82, 2.24) is 0 Å². The first kappa shape index (κ1) is 15.8. The van der Waals surface area contributed by atoms with Crippen LogP contribution in [-0.2, 0) is 9.59 Å². The van der Waals surface area contributed by atoms with Crippen LogP contribution in [0.25, 0.3) is 0 Å². The molecule has 0 aliphatic heterocycles. The molecule has 0 unspecified atom stereocenters. The van der Waals surface area contributed by atoms with E-state index in [1.807, 2.05) is 6.92 Å². The molecule has 0 N–H and O–H groups in total. The van der Waals surface area contributed by atoms with Gasteiger partial charge in [0, 0.05) is 18.8 Å². The minimum Gasteiger partial charge on any atom is -0.300 e. The molecule has 2 nitrogen and oxygen atoms in total. The average molecular weight is 316 g/mol. The number of fused-ring (bicyclic) bond motifs is 5. The summed E-state index contributed by atoms with van der Waals surface area (Å²) in [6.07, 6.45) is 10.3. The molecule has 2 heteroatoms. The quantitative estimate of drug-likeness (QED) is 0.696. The van der Waals surface area contributed by atoms with E-state index in [1.54, 1.807) is 0 Å². The van der Waals surface area contributed by atoms with Crippen molar-refractivity contribution in [1.29, 1.82) is 0 Å². The second-order valence-electron chi connectivity index (χ2n) is 9.68. The highest BCUT2D eigenvalue weighted by Crippen LogP contribution is 2.67. The van der Waals surface area contributed by atoms with Crippen LogP contribution in [0.5, 0.6) is 0 Å². The molecule has 23 heavy (non-hydrogen) atoms. The monoisotopic (exact) mass is 316 g/mol. The van der Waals surface area contributed by atoms with E-state index in [0.717, 1.165) is 43.4 Å². The Balaban J connectivity index is 1.63. The summed E-state index contributed by atoms with van der Waals surface area (Å²) in [5, 5.41) is 0. The summed E-state index contributed by atoms with van der Waals surface area (Å²) in [4.78, 5) is 24.1. The van der Waals surface area contributed by atoms with Gasteiger partial charge in [0.2, 0.25) is 0 Å².